The van der Waals surface area contributed by atoms with E-state index in [1.54, 1.807) is 24.3 Å². The molecular weight excluding hydrogens is 352 g/mol. The third kappa shape index (κ3) is 3.81. The maximum atomic E-state index is 12.4. The summed E-state index contributed by atoms with van der Waals surface area (Å²) in [7, 11) is 0. The van der Waals surface area contributed by atoms with Crippen LogP contribution in [-0.4, -0.2) is 47.0 Å². The molecule has 1 aromatic heterocycles. The molecule has 0 bridgehead atoms. The summed E-state index contributed by atoms with van der Waals surface area (Å²) in [5, 5.41) is 3.55. The monoisotopic (exact) mass is 370 g/mol. The van der Waals surface area contributed by atoms with Gasteiger partial charge in [-0.15, -0.1) is 0 Å². The van der Waals surface area contributed by atoms with Crippen molar-refractivity contribution in [3.8, 4) is 0 Å². The van der Waals surface area contributed by atoms with Crippen molar-refractivity contribution in [1.82, 2.24) is 14.8 Å². The first kappa shape index (κ1) is 16.9. The molecule has 1 fully saturated rings. The number of para-hydroxylation sites is 2. The lowest BCUT2D eigenvalue weighted by atomic mass is 10.3. The smallest absolute Gasteiger partial charge is 0.321 e. The summed E-state index contributed by atoms with van der Waals surface area (Å²) in [5.41, 5.74) is 2.43. The van der Waals surface area contributed by atoms with E-state index in [0.29, 0.717) is 30.5 Å². The van der Waals surface area contributed by atoms with Crippen LogP contribution in [0.3, 0.4) is 0 Å². The molecule has 0 aliphatic carbocycles. The molecule has 7 heteroatoms. The fourth-order valence-corrected chi connectivity index (χ4v) is 3.15. The number of aromatic nitrogens is 1. The molecule has 1 N–H and O–H groups in total. The largest absolute Gasteiger partial charge is 0.439 e. The van der Waals surface area contributed by atoms with Crippen LogP contribution in [0.2, 0.25) is 5.02 Å². The molecule has 134 valence electrons. The Balaban J connectivity index is 1.30. The van der Waals surface area contributed by atoms with Crippen LogP contribution in [-0.2, 0) is 6.54 Å². The number of anilines is 1. The van der Waals surface area contributed by atoms with Crippen LogP contribution in [0.5, 0.6) is 0 Å². The lowest BCUT2D eigenvalue weighted by Gasteiger charge is -2.34. The first-order chi connectivity index (χ1) is 12.7. The number of nitrogens with one attached hydrogen (secondary N) is 1. The number of oxazole rings is 1. The van der Waals surface area contributed by atoms with E-state index in [1.807, 2.05) is 29.2 Å². The van der Waals surface area contributed by atoms with Gasteiger partial charge in [-0.1, -0.05) is 23.7 Å². The highest BCUT2D eigenvalue weighted by molar-refractivity contribution is 6.30. The minimum Gasteiger partial charge on any atom is -0.439 e. The number of piperazine rings is 1. The van der Waals surface area contributed by atoms with Crippen molar-refractivity contribution < 1.29 is 9.21 Å². The topological polar surface area (TPSA) is 61.6 Å². The van der Waals surface area contributed by atoms with Gasteiger partial charge >= 0.3 is 6.03 Å². The molecule has 0 unspecified atom stereocenters. The molecule has 2 aromatic carbocycles. The zero-order chi connectivity index (χ0) is 17.9. The zero-order valence-corrected chi connectivity index (χ0v) is 14.9. The minimum atomic E-state index is -0.0890. The van der Waals surface area contributed by atoms with Crippen molar-refractivity contribution in [3.63, 3.8) is 0 Å². The fraction of sp³-hybridized carbons (Fsp3) is 0.263. The molecule has 0 atom stereocenters. The van der Waals surface area contributed by atoms with Crippen molar-refractivity contribution in [2.75, 3.05) is 31.5 Å². The summed E-state index contributed by atoms with van der Waals surface area (Å²) in [6.45, 7) is 3.56. The van der Waals surface area contributed by atoms with Crippen LogP contribution < -0.4 is 5.32 Å². The number of carbonyl (C=O) groups excluding carboxylic acids is 1. The second kappa shape index (κ2) is 7.35. The normalized spacial score (nSPS) is 15.3. The van der Waals surface area contributed by atoms with Crippen LogP contribution >= 0.6 is 11.6 Å². The van der Waals surface area contributed by atoms with Crippen molar-refractivity contribution in [2.45, 2.75) is 6.54 Å². The second-order valence-corrected chi connectivity index (χ2v) is 6.71. The van der Waals surface area contributed by atoms with Gasteiger partial charge < -0.3 is 14.6 Å². The first-order valence-corrected chi connectivity index (χ1v) is 8.93. The van der Waals surface area contributed by atoms with E-state index in [-0.39, 0.29) is 6.03 Å². The molecule has 0 saturated carbocycles. The van der Waals surface area contributed by atoms with E-state index in [1.165, 1.54) is 0 Å². The first-order valence-electron chi connectivity index (χ1n) is 8.56. The van der Waals surface area contributed by atoms with Crippen molar-refractivity contribution in [3.05, 3.63) is 59.4 Å². The van der Waals surface area contributed by atoms with Gasteiger partial charge in [-0.05, 0) is 36.4 Å². The molecule has 4 rings (SSSR count). The number of benzene rings is 2. The molecule has 0 spiro atoms. The lowest BCUT2D eigenvalue weighted by Crippen LogP contribution is -2.49. The van der Waals surface area contributed by atoms with Crippen molar-refractivity contribution >= 4 is 34.4 Å². The van der Waals surface area contributed by atoms with E-state index < -0.39 is 0 Å². The molecule has 3 aromatic rings. The number of fused-ring (bicyclic) bond motifs is 1. The molecule has 0 radical (unpaired) electrons. The Hall–Kier alpha value is -2.57. The summed E-state index contributed by atoms with van der Waals surface area (Å²) >= 11 is 5.86. The predicted octanol–water partition coefficient (Wildman–Crippen LogP) is 3.83. The lowest BCUT2D eigenvalue weighted by molar-refractivity contribution is 0.136. The van der Waals surface area contributed by atoms with Gasteiger partial charge in [-0.3, -0.25) is 4.90 Å². The highest BCUT2D eigenvalue weighted by Crippen LogP contribution is 2.17. The number of rotatable bonds is 3. The Labute approximate surface area is 156 Å². The van der Waals surface area contributed by atoms with E-state index in [9.17, 15) is 4.79 Å². The fourth-order valence-electron chi connectivity index (χ4n) is 3.02. The predicted molar refractivity (Wildman–Crippen MR) is 101 cm³/mol. The summed E-state index contributed by atoms with van der Waals surface area (Å²) in [4.78, 5) is 20.9. The Morgan fingerprint density at radius 2 is 1.81 bits per heavy atom. The van der Waals surface area contributed by atoms with Crippen LogP contribution in [0.4, 0.5) is 10.5 Å². The quantitative estimate of drug-likeness (QED) is 0.761. The van der Waals surface area contributed by atoms with Crippen LogP contribution in [0.1, 0.15) is 5.89 Å². The highest BCUT2D eigenvalue weighted by atomic mass is 35.5. The van der Waals surface area contributed by atoms with Crippen LogP contribution in [0.25, 0.3) is 11.1 Å². The molecule has 1 aliphatic heterocycles. The van der Waals surface area contributed by atoms with Crippen LogP contribution in [0, 0.1) is 0 Å². The average Bonchev–Trinajstić information content (AvgIpc) is 3.06. The van der Waals surface area contributed by atoms with E-state index in [0.717, 1.165) is 29.9 Å². The molecule has 6 nitrogen and oxygen atoms in total. The second-order valence-electron chi connectivity index (χ2n) is 6.28. The van der Waals surface area contributed by atoms with Gasteiger partial charge in [0.25, 0.3) is 0 Å². The Morgan fingerprint density at radius 1 is 1.08 bits per heavy atom. The molecule has 1 aliphatic rings. The maximum absolute atomic E-state index is 12.4. The summed E-state index contributed by atoms with van der Waals surface area (Å²) < 4.78 is 5.78. The van der Waals surface area contributed by atoms with Gasteiger partial charge in [-0.2, -0.15) is 0 Å². The van der Waals surface area contributed by atoms with E-state index in [4.69, 9.17) is 16.0 Å². The summed E-state index contributed by atoms with van der Waals surface area (Å²) in [6.07, 6.45) is 0. The molecule has 2 amide bonds. The molecule has 2 heterocycles. The average molecular weight is 371 g/mol. The molecule has 26 heavy (non-hydrogen) atoms. The van der Waals surface area contributed by atoms with Gasteiger partial charge in [-0.25, -0.2) is 9.78 Å². The zero-order valence-electron chi connectivity index (χ0n) is 14.2. The van der Waals surface area contributed by atoms with E-state index in [2.05, 4.69) is 15.2 Å². The van der Waals surface area contributed by atoms with Gasteiger partial charge in [0, 0.05) is 36.9 Å². The standard InChI is InChI=1S/C19H19ClN4O2/c20-14-5-7-15(8-6-14)21-19(25)24-11-9-23(10-12-24)13-18-22-16-3-1-2-4-17(16)26-18/h1-8H,9-13H2,(H,21,25). The number of hydrogen-bond acceptors (Lipinski definition) is 4. The van der Waals surface area contributed by atoms with Gasteiger partial charge in [0.2, 0.25) is 5.89 Å². The minimum absolute atomic E-state index is 0.0890. The Morgan fingerprint density at radius 3 is 2.54 bits per heavy atom. The Bertz CT molecular complexity index is 868. The number of halogens is 1. The third-order valence-corrected chi connectivity index (χ3v) is 4.70. The SMILES string of the molecule is O=C(Nc1ccc(Cl)cc1)N1CCN(Cc2nc3ccccc3o2)CC1. The maximum Gasteiger partial charge on any atom is 0.321 e. The Kier molecular flexibility index (Phi) is 4.77. The number of amides is 2. The van der Waals surface area contributed by atoms with Crippen molar-refractivity contribution in [1.29, 1.82) is 0 Å². The van der Waals surface area contributed by atoms with Gasteiger partial charge in [0.15, 0.2) is 5.58 Å². The van der Waals surface area contributed by atoms with Crippen LogP contribution in [0.15, 0.2) is 52.9 Å². The molecule has 1 saturated heterocycles. The summed E-state index contributed by atoms with van der Waals surface area (Å²) in [5.74, 6) is 0.713. The summed E-state index contributed by atoms with van der Waals surface area (Å²) in [6, 6.07) is 14.8. The van der Waals surface area contributed by atoms with E-state index >= 15 is 0 Å². The number of carbonyl (C=O) groups is 1. The number of urea groups is 1. The third-order valence-electron chi connectivity index (χ3n) is 4.45. The number of nitrogens with zero attached hydrogens (tertiary/aromatic N) is 3. The molecular formula is C19H19ClN4O2. The highest BCUT2D eigenvalue weighted by Gasteiger charge is 2.22. The van der Waals surface area contributed by atoms with Crippen molar-refractivity contribution in [2.24, 2.45) is 0 Å². The van der Waals surface area contributed by atoms with Gasteiger partial charge in [0.05, 0.1) is 6.54 Å². The van der Waals surface area contributed by atoms with Gasteiger partial charge in [0.1, 0.15) is 5.52 Å². The number of hydrogen-bond donors (Lipinski definition) is 1.